The number of H-pyrrole nitrogens is 1. The first-order chi connectivity index (χ1) is 12.3. The molecule has 6 heteroatoms. The van der Waals surface area contributed by atoms with Crippen molar-refractivity contribution in [1.82, 2.24) is 19.4 Å². The molecule has 1 aliphatic heterocycles. The van der Waals surface area contributed by atoms with Gasteiger partial charge in [-0.3, -0.25) is 9.59 Å². The number of carbonyl (C=O) groups excluding carboxylic acids is 2. The minimum absolute atomic E-state index is 0.0490. The van der Waals surface area contributed by atoms with Crippen LogP contribution >= 0.6 is 0 Å². The summed E-state index contributed by atoms with van der Waals surface area (Å²) in [5, 5.41) is 0. The van der Waals surface area contributed by atoms with Crippen molar-refractivity contribution in [3.8, 4) is 0 Å². The smallest absolute Gasteiger partial charge is 0.255 e. The molecule has 0 aliphatic carbocycles. The Labute approximate surface area is 154 Å². The monoisotopic (exact) mass is 356 g/mol. The third kappa shape index (κ3) is 3.28. The van der Waals surface area contributed by atoms with Crippen molar-refractivity contribution < 1.29 is 9.59 Å². The van der Waals surface area contributed by atoms with Crippen molar-refractivity contribution in [2.24, 2.45) is 7.05 Å². The van der Waals surface area contributed by atoms with Gasteiger partial charge < -0.3 is 19.4 Å². The predicted octanol–water partition coefficient (Wildman–Crippen LogP) is 2.58. The average Bonchev–Trinajstić information content (AvgIpc) is 2.95. The number of amides is 2. The molecule has 3 rings (SSSR count). The normalized spacial score (nSPS) is 15.3. The molecule has 2 amide bonds. The lowest BCUT2D eigenvalue weighted by atomic mass is 10.2. The number of carbonyl (C=O) groups is 2. The van der Waals surface area contributed by atoms with E-state index in [1.54, 1.807) is 0 Å². The van der Waals surface area contributed by atoms with Crippen LogP contribution in [0.2, 0.25) is 0 Å². The largest absolute Gasteiger partial charge is 0.362 e. The molecule has 6 nitrogen and oxygen atoms in total. The molecule has 26 heavy (non-hydrogen) atoms. The Morgan fingerprint density at radius 3 is 1.92 bits per heavy atom. The summed E-state index contributed by atoms with van der Waals surface area (Å²) in [6.07, 6.45) is 0.796. The lowest BCUT2D eigenvalue weighted by molar-refractivity contribution is 0.0718. The summed E-state index contributed by atoms with van der Waals surface area (Å²) in [5.41, 5.74) is 5.46. The van der Waals surface area contributed by atoms with Gasteiger partial charge in [0.2, 0.25) is 0 Å². The standard InChI is InChI=1S/C20H28N4O2/c1-13-11-17(15(3)21-13)19(25)23-7-6-8-24(10-9-23)20(26)18-12-14(2)22(5)16(18)4/h11-12,21H,6-10H2,1-5H3. The van der Waals surface area contributed by atoms with Crippen molar-refractivity contribution in [2.45, 2.75) is 34.1 Å². The molecule has 3 heterocycles. The number of hydrogen-bond acceptors (Lipinski definition) is 2. The third-order valence-electron chi connectivity index (χ3n) is 5.46. The lowest BCUT2D eigenvalue weighted by Crippen LogP contribution is -2.37. The highest BCUT2D eigenvalue weighted by Gasteiger charge is 2.26. The van der Waals surface area contributed by atoms with Crippen LogP contribution in [0.5, 0.6) is 0 Å². The van der Waals surface area contributed by atoms with Gasteiger partial charge in [-0.15, -0.1) is 0 Å². The molecule has 0 radical (unpaired) electrons. The molecule has 140 valence electrons. The fourth-order valence-corrected chi connectivity index (χ4v) is 3.68. The molecule has 2 aromatic rings. The van der Waals surface area contributed by atoms with Crippen LogP contribution in [0.3, 0.4) is 0 Å². The van der Waals surface area contributed by atoms with Gasteiger partial charge in [-0.05, 0) is 46.2 Å². The Morgan fingerprint density at radius 2 is 1.46 bits per heavy atom. The highest BCUT2D eigenvalue weighted by atomic mass is 16.2. The predicted molar refractivity (Wildman–Crippen MR) is 102 cm³/mol. The van der Waals surface area contributed by atoms with E-state index in [0.717, 1.165) is 40.3 Å². The van der Waals surface area contributed by atoms with Gasteiger partial charge in [0.1, 0.15) is 0 Å². The van der Waals surface area contributed by atoms with Gasteiger partial charge >= 0.3 is 0 Å². The molecule has 0 bridgehead atoms. The van der Waals surface area contributed by atoms with E-state index in [2.05, 4.69) is 4.98 Å². The van der Waals surface area contributed by atoms with Crippen LogP contribution in [0.1, 0.15) is 49.9 Å². The summed E-state index contributed by atoms with van der Waals surface area (Å²) < 4.78 is 2.04. The van der Waals surface area contributed by atoms with Gasteiger partial charge in [-0.25, -0.2) is 0 Å². The van der Waals surface area contributed by atoms with E-state index >= 15 is 0 Å². The summed E-state index contributed by atoms with van der Waals surface area (Å²) in [6.45, 7) is 10.4. The van der Waals surface area contributed by atoms with Gasteiger partial charge in [0.05, 0.1) is 11.1 Å². The van der Waals surface area contributed by atoms with Crippen molar-refractivity contribution >= 4 is 11.8 Å². The third-order valence-corrected chi connectivity index (χ3v) is 5.46. The first kappa shape index (κ1) is 18.3. The molecule has 0 aromatic carbocycles. The van der Waals surface area contributed by atoms with Crippen LogP contribution < -0.4 is 0 Å². The Balaban J connectivity index is 1.72. The van der Waals surface area contributed by atoms with Gasteiger partial charge in [0, 0.05) is 56.0 Å². The molecular weight excluding hydrogens is 328 g/mol. The SMILES string of the molecule is Cc1cc(C(=O)N2CCCN(C(=O)c3cc(C)n(C)c3C)CC2)c(C)[nH]1. The molecule has 1 N–H and O–H groups in total. The molecule has 0 saturated carbocycles. The Bertz CT molecular complexity index is 846. The van der Waals surface area contributed by atoms with Crippen molar-refractivity contribution in [3.05, 3.63) is 46.0 Å². The summed E-state index contributed by atoms with van der Waals surface area (Å²) >= 11 is 0. The van der Waals surface area contributed by atoms with E-state index in [0.29, 0.717) is 26.2 Å². The fraction of sp³-hybridized carbons (Fsp3) is 0.500. The van der Waals surface area contributed by atoms with Crippen LogP contribution in [-0.4, -0.2) is 57.3 Å². The second-order valence-electron chi connectivity index (χ2n) is 7.27. The highest BCUT2D eigenvalue weighted by Crippen LogP contribution is 2.18. The van der Waals surface area contributed by atoms with E-state index in [4.69, 9.17) is 0 Å². The summed E-state index contributed by atoms with van der Waals surface area (Å²) in [5.74, 6) is 0.113. The fourth-order valence-electron chi connectivity index (χ4n) is 3.68. The number of nitrogens with one attached hydrogen (secondary N) is 1. The number of aromatic amines is 1. The molecule has 0 unspecified atom stereocenters. The quantitative estimate of drug-likeness (QED) is 0.899. The summed E-state index contributed by atoms with van der Waals surface area (Å²) in [7, 11) is 1.98. The summed E-state index contributed by atoms with van der Waals surface area (Å²) in [4.78, 5) is 32.7. The molecule has 1 saturated heterocycles. The number of aryl methyl sites for hydroxylation is 3. The highest BCUT2D eigenvalue weighted by molar-refractivity contribution is 5.97. The van der Waals surface area contributed by atoms with Gasteiger partial charge in [-0.1, -0.05) is 0 Å². The zero-order chi connectivity index (χ0) is 19.0. The molecule has 0 atom stereocenters. The molecule has 0 spiro atoms. The average molecular weight is 356 g/mol. The number of nitrogens with zero attached hydrogens (tertiary/aromatic N) is 3. The maximum atomic E-state index is 12.9. The molecule has 1 fully saturated rings. The van der Waals surface area contributed by atoms with E-state index in [1.165, 1.54) is 0 Å². The van der Waals surface area contributed by atoms with Crippen molar-refractivity contribution in [1.29, 1.82) is 0 Å². The molecular formula is C20H28N4O2. The van der Waals surface area contributed by atoms with E-state index in [9.17, 15) is 9.59 Å². The zero-order valence-corrected chi connectivity index (χ0v) is 16.3. The van der Waals surface area contributed by atoms with E-state index < -0.39 is 0 Å². The maximum absolute atomic E-state index is 12.9. The van der Waals surface area contributed by atoms with Crippen molar-refractivity contribution in [3.63, 3.8) is 0 Å². The minimum Gasteiger partial charge on any atom is -0.362 e. The minimum atomic E-state index is 0.0490. The second kappa shape index (κ2) is 7.02. The van der Waals surface area contributed by atoms with Crippen LogP contribution in [0.15, 0.2) is 12.1 Å². The maximum Gasteiger partial charge on any atom is 0.255 e. The Hall–Kier alpha value is -2.50. The van der Waals surface area contributed by atoms with Crippen LogP contribution in [-0.2, 0) is 7.05 Å². The second-order valence-corrected chi connectivity index (χ2v) is 7.27. The zero-order valence-electron chi connectivity index (χ0n) is 16.3. The van der Waals surface area contributed by atoms with Crippen LogP contribution in [0.4, 0.5) is 0 Å². The summed E-state index contributed by atoms with van der Waals surface area (Å²) in [6, 6.07) is 3.86. The first-order valence-electron chi connectivity index (χ1n) is 9.17. The number of hydrogen-bond donors (Lipinski definition) is 1. The van der Waals surface area contributed by atoms with Crippen LogP contribution in [0, 0.1) is 27.7 Å². The topological polar surface area (TPSA) is 61.3 Å². The van der Waals surface area contributed by atoms with Gasteiger partial charge in [-0.2, -0.15) is 0 Å². The van der Waals surface area contributed by atoms with E-state index in [-0.39, 0.29) is 11.8 Å². The van der Waals surface area contributed by atoms with Gasteiger partial charge in [0.25, 0.3) is 11.8 Å². The van der Waals surface area contributed by atoms with E-state index in [1.807, 2.05) is 61.2 Å². The van der Waals surface area contributed by atoms with Crippen molar-refractivity contribution in [2.75, 3.05) is 26.2 Å². The van der Waals surface area contributed by atoms with Gasteiger partial charge in [0.15, 0.2) is 0 Å². The Morgan fingerprint density at radius 1 is 0.885 bits per heavy atom. The molecule has 1 aliphatic rings. The van der Waals surface area contributed by atoms with Crippen LogP contribution in [0.25, 0.3) is 0 Å². The Kier molecular flexibility index (Phi) is 4.94. The number of rotatable bonds is 2. The number of aromatic nitrogens is 2. The lowest BCUT2D eigenvalue weighted by Gasteiger charge is -2.22. The molecule has 2 aromatic heterocycles. The first-order valence-corrected chi connectivity index (χ1v) is 9.17.